The van der Waals surface area contributed by atoms with E-state index in [9.17, 15) is 8.42 Å². The molecule has 0 aromatic heterocycles. The smallest absolute Gasteiger partial charge is 0.282 e. The number of ether oxygens (including phenoxy) is 1. The van der Waals surface area contributed by atoms with Gasteiger partial charge in [-0.2, -0.15) is 17.0 Å². The molecule has 0 radical (unpaired) electrons. The van der Waals surface area contributed by atoms with Gasteiger partial charge in [-0.05, 0) is 13.8 Å². The van der Waals surface area contributed by atoms with Gasteiger partial charge >= 0.3 is 0 Å². The summed E-state index contributed by atoms with van der Waals surface area (Å²) in [7, 11) is -3.32. The molecule has 2 heterocycles. The van der Waals surface area contributed by atoms with E-state index in [0.29, 0.717) is 26.2 Å². The van der Waals surface area contributed by atoms with E-state index >= 15 is 0 Å². The highest BCUT2D eigenvalue weighted by Crippen LogP contribution is 2.20. The second-order valence-electron chi connectivity index (χ2n) is 4.66. The van der Waals surface area contributed by atoms with Gasteiger partial charge in [0, 0.05) is 32.2 Å². The normalized spacial score (nSPS) is 34.9. The maximum absolute atomic E-state index is 12.1. The number of morpholine rings is 1. The van der Waals surface area contributed by atoms with Gasteiger partial charge in [-0.15, -0.1) is 0 Å². The molecule has 94 valence electrons. The second kappa shape index (κ2) is 4.23. The van der Waals surface area contributed by atoms with Crippen LogP contribution in [0.2, 0.25) is 0 Å². The van der Waals surface area contributed by atoms with Gasteiger partial charge in [-0.3, -0.25) is 0 Å². The molecule has 0 bridgehead atoms. The second-order valence-corrected chi connectivity index (χ2v) is 6.59. The summed E-state index contributed by atoms with van der Waals surface area (Å²) >= 11 is 0. The van der Waals surface area contributed by atoms with Crippen molar-refractivity contribution in [2.45, 2.75) is 32.1 Å². The van der Waals surface area contributed by atoms with E-state index in [0.717, 1.165) is 0 Å². The third kappa shape index (κ3) is 2.23. The minimum absolute atomic E-state index is 0.00865. The van der Waals surface area contributed by atoms with Crippen LogP contribution in [0.3, 0.4) is 0 Å². The highest BCUT2D eigenvalue weighted by atomic mass is 32.2. The van der Waals surface area contributed by atoms with Crippen LogP contribution in [0.15, 0.2) is 0 Å². The Balaban J connectivity index is 2.05. The van der Waals surface area contributed by atoms with Crippen molar-refractivity contribution in [1.82, 2.24) is 8.61 Å². The lowest BCUT2D eigenvalue weighted by atomic mass is 10.2. The summed E-state index contributed by atoms with van der Waals surface area (Å²) in [5.41, 5.74) is 5.60. The van der Waals surface area contributed by atoms with E-state index in [2.05, 4.69) is 0 Å². The molecule has 7 heteroatoms. The summed E-state index contributed by atoms with van der Waals surface area (Å²) < 4.78 is 32.7. The topological polar surface area (TPSA) is 75.9 Å². The van der Waals surface area contributed by atoms with E-state index in [4.69, 9.17) is 10.5 Å². The lowest BCUT2D eigenvalue weighted by Gasteiger charge is -2.42. The molecule has 0 aliphatic carbocycles. The van der Waals surface area contributed by atoms with Gasteiger partial charge in [0.25, 0.3) is 10.2 Å². The predicted molar refractivity (Wildman–Crippen MR) is 60.1 cm³/mol. The number of hydrogen-bond donors (Lipinski definition) is 1. The fourth-order valence-electron chi connectivity index (χ4n) is 2.14. The summed E-state index contributed by atoms with van der Waals surface area (Å²) in [6.07, 6.45) is -0.0954. The maximum Gasteiger partial charge on any atom is 0.282 e. The first kappa shape index (κ1) is 12.3. The van der Waals surface area contributed by atoms with Crippen molar-refractivity contribution in [3.63, 3.8) is 0 Å². The Morgan fingerprint density at radius 2 is 1.50 bits per heavy atom. The first-order chi connectivity index (χ1) is 7.39. The van der Waals surface area contributed by atoms with Gasteiger partial charge < -0.3 is 10.5 Å². The minimum Gasteiger partial charge on any atom is -0.373 e. The molecule has 2 atom stereocenters. The summed E-state index contributed by atoms with van der Waals surface area (Å²) in [4.78, 5) is 0. The molecular formula is C9H19N3O3S. The Bertz CT molecular complexity index is 343. The summed E-state index contributed by atoms with van der Waals surface area (Å²) in [6, 6.07) is -0.00865. The van der Waals surface area contributed by atoms with Crippen LogP contribution in [-0.4, -0.2) is 61.5 Å². The average Bonchev–Trinajstić information content (AvgIpc) is 2.11. The molecule has 0 aromatic rings. The van der Waals surface area contributed by atoms with Crippen molar-refractivity contribution >= 4 is 10.2 Å². The van der Waals surface area contributed by atoms with Crippen LogP contribution in [0, 0.1) is 0 Å². The standard InChI is InChI=1S/C9H19N3O3S/c1-7-3-11(4-8(2)15-7)16(13,14)12-5-9(10)6-12/h7-9H,3-6,10H2,1-2H3. The molecule has 16 heavy (non-hydrogen) atoms. The summed E-state index contributed by atoms with van der Waals surface area (Å²) in [5, 5.41) is 0. The van der Waals surface area contributed by atoms with Crippen LogP contribution < -0.4 is 5.73 Å². The molecule has 2 unspecified atom stereocenters. The van der Waals surface area contributed by atoms with Gasteiger partial charge in [0.15, 0.2) is 0 Å². The van der Waals surface area contributed by atoms with Gasteiger partial charge in [0.05, 0.1) is 12.2 Å². The molecule has 0 aromatic carbocycles. The lowest BCUT2D eigenvalue weighted by Crippen LogP contribution is -2.63. The summed E-state index contributed by atoms with van der Waals surface area (Å²) in [5.74, 6) is 0. The van der Waals surface area contributed by atoms with Crippen LogP contribution in [0.5, 0.6) is 0 Å². The van der Waals surface area contributed by atoms with Crippen LogP contribution in [0.4, 0.5) is 0 Å². The summed E-state index contributed by atoms with van der Waals surface area (Å²) in [6.45, 7) is 5.50. The quantitative estimate of drug-likeness (QED) is 0.680. The number of nitrogens with two attached hydrogens (primary N) is 1. The molecule has 0 amide bonds. The van der Waals surface area contributed by atoms with E-state index < -0.39 is 10.2 Å². The monoisotopic (exact) mass is 249 g/mol. The Morgan fingerprint density at radius 1 is 1.06 bits per heavy atom. The third-order valence-electron chi connectivity index (χ3n) is 2.91. The van der Waals surface area contributed by atoms with Crippen molar-refractivity contribution in [3.8, 4) is 0 Å². The van der Waals surface area contributed by atoms with E-state index in [1.807, 2.05) is 13.8 Å². The molecule has 0 saturated carbocycles. The largest absolute Gasteiger partial charge is 0.373 e. The van der Waals surface area contributed by atoms with E-state index in [1.54, 1.807) is 0 Å². The molecule has 0 spiro atoms. The van der Waals surface area contributed by atoms with Crippen molar-refractivity contribution in [2.24, 2.45) is 5.73 Å². The first-order valence-corrected chi connectivity index (χ1v) is 6.95. The fourth-order valence-corrected chi connectivity index (χ4v) is 4.02. The van der Waals surface area contributed by atoms with Gasteiger partial charge in [-0.1, -0.05) is 0 Å². The van der Waals surface area contributed by atoms with Crippen LogP contribution >= 0.6 is 0 Å². The van der Waals surface area contributed by atoms with Gasteiger partial charge in [0.2, 0.25) is 0 Å². The maximum atomic E-state index is 12.1. The number of nitrogens with zero attached hydrogens (tertiary/aromatic N) is 2. The Kier molecular flexibility index (Phi) is 3.24. The third-order valence-corrected chi connectivity index (χ3v) is 4.82. The van der Waals surface area contributed by atoms with Gasteiger partial charge in [-0.25, -0.2) is 0 Å². The van der Waals surface area contributed by atoms with Crippen molar-refractivity contribution < 1.29 is 13.2 Å². The molecule has 2 aliphatic rings. The van der Waals surface area contributed by atoms with E-state index in [1.165, 1.54) is 8.61 Å². The molecule has 2 N–H and O–H groups in total. The molecule has 2 fully saturated rings. The predicted octanol–water partition coefficient (Wildman–Crippen LogP) is -1.02. The number of rotatable bonds is 2. The molecule has 2 aliphatic heterocycles. The highest BCUT2D eigenvalue weighted by Gasteiger charge is 2.40. The zero-order valence-corrected chi connectivity index (χ0v) is 10.5. The zero-order valence-electron chi connectivity index (χ0n) is 9.67. The van der Waals surface area contributed by atoms with Crippen LogP contribution in [0.25, 0.3) is 0 Å². The van der Waals surface area contributed by atoms with E-state index in [-0.39, 0.29) is 18.2 Å². The SMILES string of the molecule is CC1CN(S(=O)(=O)N2CC(N)C2)CC(C)O1. The van der Waals surface area contributed by atoms with Crippen LogP contribution in [0.1, 0.15) is 13.8 Å². The molecule has 2 rings (SSSR count). The van der Waals surface area contributed by atoms with Crippen molar-refractivity contribution in [1.29, 1.82) is 0 Å². The Labute approximate surface area is 96.5 Å². The van der Waals surface area contributed by atoms with Gasteiger partial charge in [0.1, 0.15) is 0 Å². The minimum atomic E-state index is -3.32. The van der Waals surface area contributed by atoms with Crippen molar-refractivity contribution in [3.05, 3.63) is 0 Å². The Morgan fingerprint density at radius 3 is 1.94 bits per heavy atom. The molecule has 2 saturated heterocycles. The molecule has 6 nitrogen and oxygen atoms in total. The van der Waals surface area contributed by atoms with Crippen molar-refractivity contribution in [2.75, 3.05) is 26.2 Å². The number of hydrogen-bond acceptors (Lipinski definition) is 4. The Hall–Kier alpha value is -0.210. The fraction of sp³-hybridized carbons (Fsp3) is 1.00. The zero-order chi connectivity index (χ0) is 11.9. The molecular weight excluding hydrogens is 230 g/mol. The lowest BCUT2D eigenvalue weighted by molar-refractivity contribution is -0.0460. The average molecular weight is 249 g/mol. The van der Waals surface area contributed by atoms with Crippen LogP contribution in [-0.2, 0) is 14.9 Å². The first-order valence-electron chi connectivity index (χ1n) is 5.56. The highest BCUT2D eigenvalue weighted by molar-refractivity contribution is 7.86.